The van der Waals surface area contributed by atoms with Crippen LogP contribution in [0.15, 0.2) is 0 Å². The largest absolute Gasteiger partial charge is 0.340 e. The topological polar surface area (TPSA) is 20.3 Å². The van der Waals surface area contributed by atoms with E-state index in [9.17, 15) is 4.79 Å². The van der Waals surface area contributed by atoms with Crippen molar-refractivity contribution in [1.29, 1.82) is 0 Å². The van der Waals surface area contributed by atoms with E-state index < -0.39 is 0 Å². The Morgan fingerprint density at radius 2 is 1.83 bits per heavy atom. The molecule has 0 aromatic heterocycles. The Balaban J connectivity index is 2.69. The van der Waals surface area contributed by atoms with Gasteiger partial charge in [0.25, 0.3) is 0 Å². The van der Waals surface area contributed by atoms with E-state index >= 15 is 0 Å². The lowest BCUT2D eigenvalue weighted by Gasteiger charge is -2.40. The van der Waals surface area contributed by atoms with Crippen LogP contribution in [0, 0.1) is 17.8 Å². The molecule has 0 aromatic carbocycles. The summed E-state index contributed by atoms with van der Waals surface area (Å²) < 4.78 is 0. The van der Waals surface area contributed by atoms with E-state index in [2.05, 4.69) is 39.5 Å². The second-order valence-electron chi connectivity index (χ2n) is 6.11. The summed E-state index contributed by atoms with van der Waals surface area (Å²) in [6, 6.07) is 0.362. The van der Waals surface area contributed by atoms with Crippen LogP contribution in [0.1, 0.15) is 66.7 Å². The van der Waals surface area contributed by atoms with Gasteiger partial charge in [-0.3, -0.25) is 4.79 Å². The van der Waals surface area contributed by atoms with Crippen molar-refractivity contribution >= 4 is 5.91 Å². The van der Waals surface area contributed by atoms with Gasteiger partial charge in [0, 0.05) is 18.5 Å². The molecule has 1 aliphatic rings. The molecule has 2 heteroatoms. The van der Waals surface area contributed by atoms with Gasteiger partial charge in [0.05, 0.1) is 0 Å². The Morgan fingerprint density at radius 1 is 1.22 bits per heavy atom. The molecule has 1 aliphatic heterocycles. The maximum absolute atomic E-state index is 12.5. The molecule has 0 N–H and O–H groups in total. The van der Waals surface area contributed by atoms with Gasteiger partial charge in [-0.25, -0.2) is 0 Å². The molecule has 2 atom stereocenters. The fraction of sp³-hybridized carbons (Fsp3) is 0.938. The number of rotatable bonds is 6. The SMILES string of the molecule is CCC(CC)CC1CCN(C(C)C)C(=O)C1CC. The second-order valence-corrected chi connectivity index (χ2v) is 6.11. The smallest absolute Gasteiger partial charge is 0.226 e. The van der Waals surface area contributed by atoms with E-state index in [0.29, 0.717) is 17.9 Å². The minimum absolute atomic E-state index is 0.279. The standard InChI is InChI=1S/C16H31NO/c1-6-13(7-2)11-14-9-10-17(12(4)5)16(18)15(14)8-3/h12-15H,6-11H2,1-5H3. The quantitative estimate of drug-likeness (QED) is 0.698. The number of nitrogens with zero attached hydrogens (tertiary/aromatic N) is 1. The molecule has 1 amide bonds. The first-order valence-corrected chi connectivity index (χ1v) is 7.85. The van der Waals surface area contributed by atoms with Crippen molar-refractivity contribution in [2.45, 2.75) is 72.8 Å². The van der Waals surface area contributed by atoms with Gasteiger partial charge in [-0.2, -0.15) is 0 Å². The van der Waals surface area contributed by atoms with Crippen molar-refractivity contribution in [3.63, 3.8) is 0 Å². The number of hydrogen-bond acceptors (Lipinski definition) is 1. The Kier molecular flexibility index (Phi) is 6.17. The molecule has 1 heterocycles. The summed E-state index contributed by atoms with van der Waals surface area (Å²) in [7, 11) is 0. The second kappa shape index (κ2) is 7.16. The van der Waals surface area contributed by atoms with Crippen molar-refractivity contribution < 1.29 is 4.79 Å². The third-order valence-electron chi connectivity index (χ3n) is 4.76. The van der Waals surface area contributed by atoms with Crippen molar-refractivity contribution in [3.8, 4) is 0 Å². The Labute approximate surface area is 113 Å². The van der Waals surface area contributed by atoms with E-state index in [-0.39, 0.29) is 5.92 Å². The zero-order valence-electron chi connectivity index (χ0n) is 12.9. The number of amides is 1. The van der Waals surface area contributed by atoms with E-state index in [4.69, 9.17) is 0 Å². The summed E-state index contributed by atoms with van der Waals surface area (Å²) in [4.78, 5) is 14.6. The molecule has 1 fully saturated rings. The molecule has 0 bridgehead atoms. The number of piperidine rings is 1. The highest BCUT2D eigenvalue weighted by atomic mass is 16.2. The van der Waals surface area contributed by atoms with Gasteiger partial charge in [0.15, 0.2) is 0 Å². The molecule has 106 valence electrons. The molecule has 0 radical (unpaired) electrons. The van der Waals surface area contributed by atoms with Gasteiger partial charge in [-0.05, 0) is 44.9 Å². The van der Waals surface area contributed by atoms with E-state index in [1.807, 2.05) is 0 Å². The first-order chi connectivity index (χ1) is 8.54. The molecule has 2 unspecified atom stereocenters. The monoisotopic (exact) mass is 253 g/mol. The van der Waals surface area contributed by atoms with Gasteiger partial charge in [-0.15, -0.1) is 0 Å². The average molecular weight is 253 g/mol. The number of likely N-dealkylation sites (tertiary alicyclic amines) is 1. The predicted molar refractivity (Wildman–Crippen MR) is 77.4 cm³/mol. The van der Waals surface area contributed by atoms with Crippen LogP contribution in [-0.2, 0) is 4.79 Å². The highest BCUT2D eigenvalue weighted by molar-refractivity contribution is 5.80. The predicted octanol–water partition coefficient (Wildman–Crippen LogP) is 4.10. The van der Waals surface area contributed by atoms with Crippen LogP contribution in [0.5, 0.6) is 0 Å². The lowest BCUT2D eigenvalue weighted by Crippen LogP contribution is -2.48. The highest BCUT2D eigenvalue weighted by Gasteiger charge is 2.36. The summed E-state index contributed by atoms with van der Waals surface area (Å²) in [6.45, 7) is 12.0. The minimum Gasteiger partial charge on any atom is -0.340 e. The molecular formula is C16H31NO. The van der Waals surface area contributed by atoms with Gasteiger partial charge >= 0.3 is 0 Å². The molecule has 18 heavy (non-hydrogen) atoms. The minimum atomic E-state index is 0.279. The van der Waals surface area contributed by atoms with Crippen LogP contribution in [0.3, 0.4) is 0 Å². The van der Waals surface area contributed by atoms with Crippen molar-refractivity contribution in [1.82, 2.24) is 4.90 Å². The Bertz CT molecular complexity index is 258. The van der Waals surface area contributed by atoms with Gasteiger partial charge < -0.3 is 4.90 Å². The summed E-state index contributed by atoms with van der Waals surface area (Å²) in [6.07, 6.45) is 5.98. The molecule has 0 aliphatic carbocycles. The molecule has 0 aromatic rings. The summed E-state index contributed by atoms with van der Waals surface area (Å²) in [5.74, 6) is 2.13. The van der Waals surface area contributed by atoms with Gasteiger partial charge in [0.2, 0.25) is 5.91 Å². The molecule has 1 rings (SSSR count). The van der Waals surface area contributed by atoms with E-state index in [1.54, 1.807) is 0 Å². The van der Waals surface area contributed by atoms with Gasteiger partial charge in [0.1, 0.15) is 0 Å². The number of carbonyl (C=O) groups excluding carboxylic acids is 1. The Hall–Kier alpha value is -0.530. The third kappa shape index (κ3) is 3.49. The van der Waals surface area contributed by atoms with Crippen molar-refractivity contribution in [2.75, 3.05) is 6.54 Å². The van der Waals surface area contributed by atoms with Crippen LogP contribution in [0.25, 0.3) is 0 Å². The highest BCUT2D eigenvalue weighted by Crippen LogP contribution is 2.34. The van der Waals surface area contributed by atoms with Crippen LogP contribution in [0.2, 0.25) is 0 Å². The van der Waals surface area contributed by atoms with Crippen LogP contribution < -0.4 is 0 Å². The fourth-order valence-corrected chi connectivity index (χ4v) is 3.38. The van der Waals surface area contributed by atoms with Crippen molar-refractivity contribution in [3.05, 3.63) is 0 Å². The zero-order valence-corrected chi connectivity index (χ0v) is 12.9. The summed E-state index contributed by atoms with van der Waals surface area (Å²) in [5, 5.41) is 0. The molecule has 1 saturated heterocycles. The molecule has 0 saturated carbocycles. The summed E-state index contributed by atoms with van der Waals surface area (Å²) in [5.41, 5.74) is 0. The van der Waals surface area contributed by atoms with Crippen molar-refractivity contribution in [2.24, 2.45) is 17.8 Å². The van der Waals surface area contributed by atoms with E-state index in [1.165, 1.54) is 25.7 Å². The lowest BCUT2D eigenvalue weighted by atomic mass is 9.76. The molecule has 0 spiro atoms. The maximum Gasteiger partial charge on any atom is 0.226 e. The Morgan fingerprint density at radius 3 is 2.28 bits per heavy atom. The lowest BCUT2D eigenvalue weighted by molar-refractivity contribution is -0.143. The first kappa shape index (κ1) is 15.5. The normalized spacial score (nSPS) is 25.3. The van der Waals surface area contributed by atoms with Crippen LogP contribution >= 0.6 is 0 Å². The van der Waals surface area contributed by atoms with Crippen LogP contribution in [0.4, 0.5) is 0 Å². The fourth-order valence-electron chi connectivity index (χ4n) is 3.38. The summed E-state index contributed by atoms with van der Waals surface area (Å²) >= 11 is 0. The molecule has 2 nitrogen and oxygen atoms in total. The average Bonchev–Trinajstić information content (AvgIpc) is 2.35. The van der Waals surface area contributed by atoms with E-state index in [0.717, 1.165) is 18.9 Å². The third-order valence-corrected chi connectivity index (χ3v) is 4.76. The van der Waals surface area contributed by atoms with Gasteiger partial charge in [-0.1, -0.05) is 33.6 Å². The number of carbonyl (C=O) groups is 1. The zero-order chi connectivity index (χ0) is 13.7. The van der Waals surface area contributed by atoms with Crippen LogP contribution in [-0.4, -0.2) is 23.4 Å². The molecular weight excluding hydrogens is 222 g/mol. The maximum atomic E-state index is 12.5. The first-order valence-electron chi connectivity index (χ1n) is 7.85. The number of hydrogen-bond donors (Lipinski definition) is 0.